The highest BCUT2D eigenvalue weighted by molar-refractivity contribution is 7.89. The molecule has 0 amide bonds. The Morgan fingerprint density at radius 2 is 1.71 bits per heavy atom. The minimum absolute atomic E-state index is 0.183. The summed E-state index contributed by atoms with van der Waals surface area (Å²) in [4.78, 5) is 29.2. The molecule has 1 saturated heterocycles. The fourth-order valence-corrected chi connectivity index (χ4v) is 5.82. The Kier molecular flexibility index (Phi) is 6.77. The summed E-state index contributed by atoms with van der Waals surface area (Å²) in [6, 6.07) is 13.7. The molecule has 3 aromatic rings. The smallest absolute Gasteiger partial charge is 0.309 e. The second kappa shape index (κ2) is 9.60. The SMILES string of the molecule is COc1ccc(S(=O)(=O)N2CCC(C(=O)OC(C)C(=O)c3c(C)[nH]c4ccccc34)CC2)cc1. The summed E-state index contributed by atoms with van der Waals surface area (Å²) < 4.78 is 37.8. The van der Waals surface area contributed by atoms with Crippen molar-refractivity contribution in [1.29, 1.82) is 0 Å². The fourth-order valence-electron chi connectivity index (χ4n) is 4.35. The van der Waals surface area contributed by atoms with Crippen LogP contribution in [0.3, 0.4) is 0 Å². The van der Waals surface area contributed by atoms with Crippen molar-refractivity contribution in [3.8, 4) is 5.75 Å². The number of piperidine rings is 1. The minimum Gasteiger partial charge on any atom is -0.497 e. The van der Waals surface area contributed by atoms with Gasteiger partial charge < -0.3 is 14.5 Å². The number of esters is 1. The molecule has 2 aromatic carbocycles. The highest BCUT2D eigenvalue weighted by Gasteiger charge is 2.34. The number of ether oxygens (including phenoxy) is 2. The fraction of sp³-hybridized carbons (Fsp3) is 0.360. The first kappa shape index (κ1) is 24.0. The molecule has 1 N–H and O–H groups in total. The van der Waals surface area contributed by atoms with Gasteiger partial charge in [-0.2, -0.15) is 4.31 Å². The number of ketones is 1. The predicted molar refractivity (Wildman–Crippen MR) is 127 cm³/mol. The molecule has 1 fully saturated rings. The van der Waals surface area contributed by atoms with Gasteiger partial charge in [0.15, 0.2) is 6.10 Å². The molecule has 1 aliphatic rings. The van der Waals surface area contributed by atoms with E-state index in [1.807, 2.05) is 31.2 Å². The van der Waals surface area contributed by atoms with E-state index in [9.17, 15) is 18.0 Å². The number of aromatic nitrogens is 1. The number of fused-ring (bicyclic) bond motifs is 1. The molecule has 180 valence electrons. The Bertz CT molecular complexity index is 1300. The summed E-state index contributed by atoms with van der Waals surface area (Å²) in [6.45, 7) is 3.81. The van der Waals surface area contributed by atoms with Gasteiger partial charge in [0.2, 0.25) is 15.8 Å². The number of para-hydroxylation sites is 1. The Morgan fingerprint density at radius 1 is 1.06 bits per heavy atom. The lowest BCUT2D eigenvalue weighted by Crippen LogP contribution is -2.41. The maximum Gasteiger partial charge on any atom is 0.309 e. The zero-order chi connectivity index (χ0) is 24.5. The standard InChI is InChI=1S/C25H28N2O6S/c1-16-23(21-6-4-5-7-22(21)26-16)24(28)17(2)33-25(29)18-12-14-27(15-13-18)34(30,31)20-10-8-19(32-3)9-11-20/h4-11,17-18,26H,12-15H2,1-3H3. The zero-order valence-electron chi connectivity index (χ0n) is 19.4. The van der Waals surface area contributed by atoms with Crippen molar-refractivity contribution in [2.75, 3.05) is 20.2 Å². The average Bonchev–Trinajstić information content (AvgIpc) is 3.19. The summed E-state index contributed by atoms with van der Waals surface area (Å²) in [5.41, 5.74) is 2.11. The molecule has 1 aromatic heterocycles. The number of carbonyl (C=O) groups excluding carboxylic acids is 2. The number of sulfonamides is 1. The maximum atomic E-state index is 13.1. The Morgan fingerprint density at radius 3 is 2.35 bits per heavy atom. The normalized spacial score (nSPS) is 16.3. The molecule has 9 heteroatoms. The van der Waals surface area contributed by atoms with Gasteiger partial charge in [-0.25, -0.2) is 8.42 Å². The van der Waals surface area contributed by atoms with Crippen LogP contribution in [0.4, 0.5) is 0 Å². The third-order valence-corrected chi connectivity index (χ3v) is 8.20. The van der Waals surface area contributed by atoms with Gasteiger partial charge in [-0.3, -0.25) is 9.59 Å². The number of benzene rings is 2. The lowest BCUT2D eigenvalue weighted by molar-refractivity contribution is -0.152. The molecule has 0 saturated carbocycles. The average molecular weight is 485 g/mol. The predicted octanol–water partition coefficient (Wildman–Crippen LogP) is 3.70. The Balaban J connectivity index is 1.37. The molecule has 0 aliphatic carbocycles. The first-order valence-electron chi connectivity index (χ1n) is 11.2. The number of hydrogen-bond acceptors (Lipinski definition) is 6. The molecule has 0 bridgehead atoms. The van der Waals surface area contributed by atoms with Gasteiger partial charge >= 0.3 is 5.97 Å². The minimum atomic E-state index is -3.66. The van der Waals surface area contributed by atoms with Crippen LogP contribution in [-0.2, 0) is 19.6 Å². The molecular formula is C25H28N2O6S. The number of aromatic amines is 1. The largest absolute Gasteiger partial charge is 0.497 e. The van der Waals surface area contributed by atoms with Gasteiger partial charge in [0, 0.05) is 35.2 Å². The van der Waals surface area contributed by atoms with E-state index in [0.717, 1.165) is 16.6 Å². The molecule has 1 unspecified atom stereocenters. The summed E-state index contributed by atoms with van der Waals surface area (Å²) in [5, 5.41) is 0.796. The van der Waals surface area contributed by atoms with E-state index in [1.54, 1.807) is 19.1 Å². The van der Waals surface area contributed by atoms with E-state index >= 15 is 0 Å². The number of Topliss-reactive ketones (excluding diaryl/α,β-unsaturated/α-hetero) is 1. The van der Waals surface area contributed by atoms with E-state index < -0.39 is 28.0 Å². The second-order valence-electron chi connectivity index (χ2n) is 8.47. The second-order valence-corrected chi connectivity index (χ2v) is 10.4. The molecule has 8 nitrogen and oxygen atoms in total. The molecule has 2 heterocycles. The van der Waals surface area contributed by atoms with Gasteiger partial charge in [-0.15, -0.1) is 0 Å². The highest BCUT2D eigenvalue weighted by Crippen LogP contribution is 2.27. The molecule has 34 heavy (non-hydrogen) atoms. The van der Waals surface area contributed by atoms with Gasteiger partial charge in [0.05, 0.1) is 17.9 Å². The van der Waals surface area contributed by atoms with Gasteiger partial charge in [0.1, 0.15) is 5.75 Å². The van der Waals surface area contributed by atoms with Crippen LogP contribution in [0.25, 0.3) is 10.9 Å². The van der Waals surface area contributed by atoms with Crippen molar-refractivity contribution in [2.24, 2.45) is 5.92 Å². The van der Waals surface area contributed by atoms with Crippen LogP contribution < -0.4 is 4.74 Å². The van der Waals surface area contributed by atoms with Gasteiger partial charge in [0.25, 0.3) is 0 Å². The lowest BCUT2D eigenvalue weighted by Gasteiger charge is -2.30. The van der Waals surface area contributed by atoms with Crippen LogP contribution >= 0.6 is 0 Å². The molecule has 0 spiro atoms. The van der Waals surface area contributed by atoms with Crippen LogP contribution in [0.1, 0.15) is 35.8 Å². The molecule has 1 atom stereocenters. The first-order valence-corrected chi connectivity index (χ1v) is 12.6. The van der Waals surface area contributed by atoms with E-state index in [4.69, 9.17) is 9.47 Å². The number of nitrogens with one attached hydrogen (secondary N) is 1. The Labute approximate surface area is 198 Å². The van der Waals surface area contributed by atoms with E-state index in [0.29, 0.717) is 24.2 Å². The summed E-state index contributed by atoms with van der Waals surface area (Å²) in [5.74, 6) is -0.615. The van der Waals surface area contributed by atoms with Crippen molar-refractivity contribution in [1.82, 2.24) is 9.29 Å². The van der Waals surface area contributed by atoms with Crippen molar-refractivity contribution in [2.45, 2.75) is 37.7 Å². The third kappa shape index (κ3) is 4.58. The van der Waals surface area contributed by atoms with Crippen LogP contribution in [0, 0.1) is 12.8 Å². The van der Waals surface area contributed by atoms with E-state index in [1.165, 1.54) is 23.5 Å². The first-order chi connectivity index (χ1) is 16.2. The van der Waals surface area contributed by atoms with Crippen LogP contribution in [-0.4, -0.2) is 55.8 Å². The summed E-state index contributed by atoms with van der Waals surface area (Å²) in [7, 11) is -2.14. The number of hydrogen-bond donors (Lipinski definition) is 1. The quantitative estimate of drug-likeness (QED) is 0.405. The van der Waals surface area contributed by atoms with Crippen LogP contribution in [0.2, 0.25) is 0 Å². The zero-order valence-corrected chi connectivity index (χ0v) is 20.2. The van der Waals surface area contributed by atoms with E-state index in [2.05, 4.69) is 4.98 Å². The van der Waals surface area contributed by atoms with Crippen LogP contribution in [0.5, 0.6) is 5.75 Å². The molecule has 1 aliphatic heterocycles. The van der Waals surface area contributed by atoms with E-state index in [-0.39, 0.29) is 23.8 Å². The monoisotopic (exact) mass is 484 g/mol. The number of H-pyrrole nitrogens is 1. The number of rotatable bonds is 7. The molecule has 0 radical (unpaired) electrons. The van der Waals surface area contributed by atoms with Crippen molar-refractivity contribution in [3.63, 3.8) is 0 Å². The van der Waals surface area contributed by atoms with Crippen molar-refractivity contribution in [3.05, 3.63) is 59.8 Å². The Hall–Kier alpha value is -3.17. The highest BCUT2D eigenvalue weighted by atomic mass is 32.2. The summed E-state index contributed by atoms with van der Waals surface area (Å²) in [6.07, 6.45) is -0.269. The number of aryl methyl sites for hydroxylation is 1. The van der Waals surface area contributed by atoms with Gasteiger partial charge in [-0.05, 0) is 57.0 Å². The van der Waals surface area contributed by atoms with Crippen molar-refractivity contribution < 1.29 is 27.5 Å². The number of methoxy groups -OCH3 is 1. The third-order valence-electron chi connectivity index (χ3n) is 6.29. The summed E-state index contributed by atoms with van der Waals surface area (Å²) >= 11 is 0. The molecule has 4 rings (SSSR count). The van der Waals surface area contributed by atoms with Crippen LogP contribution in [0.15, 0.2) is 53.4 Å². The number of nitrogens with zero attached hydrogens (tertiary/aromatic N) is 1. The lowest BCUT2D eigenvalue weighted by atomic mass is 9.98. The molecular weight excluding hydrogens is 456 g/mol. The number of carbonyl (C=O) groups is 2. The van der Waals surface area contributed by atoms with Gasteiger partial charge in [-0.1, -0.05) is 18.2 Å². The van der Waals surface area contributed by atoms with Crippen molar-refractivity contribution >= 4 is 32.7 Å². The topological polar surface area (TPSA) is 106 Å². The maximum absolute atomic E-state index is 13.1.